The second-order valence-electron chi connectivity index (χ2n) is 10.3. The number of benzene rings is 3. The first-order valence-corrected chi connectivity index (χ1v) is 13.7. The number of carbonyl (C=O) groups excluding carboxylic acids is 3. The molecule has 0 aliphatic carbocycles. The van der Waals surface area contributed by atoms with Crippen molar-refractivity contribution in [2.75, 3.05) is 10.6 Å². The monoisotopic (exact) mass is 603 g/mol. The molecule has 0 saturated carbocycles. The van der Waals surface area contributed by atoms with Crippen LogP contribution in [0, 0.1) is 22.7 Å². The standard InChI is InChI=1S/C34H29N5O6/c1-22(40)45-34(2,3)33(42)38-28-12-13-31(37-19-28)39-32(41)27-14-29(43-20-25-10-6-4-8-23(25)17-35)16-30(15-27)44-21-26-11-7-5-9-24(26)18-36/h4-16,19H,20-21H2,1-3H3,(H,38,42)(H,37,39,41). The smallest absolute Gasteiger partial charge is 0.303 e. The van der Waals surface area contributed by atoms with Crippen molar-refractivity contribution in [3.8, 4) is 23.6 Å². The van der Waals surface area contributed by atoms with Crippen molar-refractivity contribution in [1.29, 1.82) is 10.5 Å². The fourth-order valence-corrected chi connectivity index (χ4v) is 4.12. The van der Waals surface area contributed by atoms with Gasteiger partial charge in [0.25, 0.3) is 11.8 Å². The van der Waals surface area contributed by atoms with E-state index in [1.165, 1.54) is 51.2 Å². The average molecular weight is 604 g/mol. The molecular weight excluding hydrogens is 574 g/mol. The van der Waals surface area contributed by atoms with Crippen molar-refractivity contribution in [3.05, 3.63) is 113 Å². The lowest BCUT2D eigenvalue weighted by Gasteiger charge is -2.23. The van der Waals surface area contributed by atoms with Crippen LogP contribution in [0.4, 0.5) is 11.5 Å². The van der Waals surface area contributed by atoms with Gasteiger partial charge in [0.15, 0.2) is 5.60 Å². The fraction of sp³-hybridized carbons (Fsp3) is 0.176. The molecule has 11 heteroatoms. The molecule has 0 aliphatic heterocycles. The highest BCUT2D eigenvalue weighted by atomic mass is 16.6. The SMILES string of the molecule is CC(=O)OC(C)(C)C(=O)Nc1ccc(NC(=O)c2cc(OCc3ccccc3C#N)cc(OCc3ccccc3C#N)c2)nc1. The number of hydrogen-bond donors (Lipinski definition) is 2. The first-order valence-electron chi connectivity index (χ1n) is 13.7. The molecule has 0 fully saturated rings. The van der Waals surface area contributed by atoms with Gasteiger partial charge in [0.1, 0.15) is 30.5 Å². The van der Waals surface area contributed by atoms with Gasteiger partial charge in [-0.05, 0) is 50.2 Å². The summed E-state index contributed by atoms with van der Waals surface area (Å²) in [5.41, 5.74) is 1.43. The van der Waals surface area contributed by atoms with Crippen molar-refractivity contribution in [2.24, 2.45) is 0 Å². The average Bonchev–Trinajstić information content (AvgIpc) is 3.03. The number of nitrogens with one attached hydrogen (secondary N) is 2. The Balaban J connectivity index is 1.52. The lowest BCUT2D eigenvalue weighted by Crippen LogP contribution is -2.41. The van der Waals surface area contributed by atoms with Gasteiger partial charge >= 0.3 is 5.97 Å². The number of esters is 1. The second kappa shape index (κ2) is 14.3. The highest BCUT2D eigenvalue weighted by Gasteiger charge is 2.31. The van der Waals surface area contributed by atoms with Crippen LogP contribution in [0.1, 0.15) is 53.4 Å². The summed E-state index contributed by atoms with van der Waals surface area (Å²) in [6.45, 7) is 4.30. The van der Waals surface area contributed by atoms with E-state index < -0.39 is 23.4 Å². The Kier molecular flexibility index (Phi) is 10.1. The van der Waals surface area contributed by atoms with Gasteiger partial charge in [-0.15, -0.1) is 0 Å². The number of ether oxygens (including phenoxy) is 3. The molecule has 0 saturated heterocycles. The highest BCUT2D eigenvalue weighted by Crippen LogP contribution is 2.26. The van der Waals surface area contributed by atoms with Crippen LogP contribution >= 0.6 is 0 Å². The van der Waals surface area contributed by atoms with Crippen LogP contribution in [-0.2, 0) is 27.5 Å². The predicted octanol–water partition coefficient (Wildman–Crippen LogP) is 5.52. The third-order valence-corrected chi connectivity index (χ3v) is 6.42. The second-order valence-corrected chi connectivity index (χ2v) is 10.3. The van der Waals surface area contributed by atoms with Crippen molar-refractivity contribution >= 4 is 29.3 Å². The Labute approximate surface area is 260 Å². The summed E-state index contributed by atoms with van der Waals surface area (Å²) < 4.78 is 17.0. The summed E-state index contributed by atoms with van der Waals surface area (Å²) >= 11 is 0. The molecule has 0 bridgehead atoms. The highest BCUT2D eigenvalue weighted by molar-refractivity contribution is 6.04. The maximum absolute atomic E-state index is 13.3. The molecule has 1 heterocycles. The maximum atomic E-state index is 13.3. The third kappa shape index (κ3) is 8.66. The number of carbonyl (C=O) groups is 3. The minimum absolute atomic E-state index is 0.0779. The summed E-state index contributed by atoms with van der Waals surface area (Å²) in [6.07, 6.45) is 1.35. The van der Waals surface area contributed by atoms with Gasteiger partial charge < -0.3 is 24.8 Å². The maximum Gasteiger partial charge on any atom is 0.303 e. The predicted molar refractivity (Wildman–Crippen MR) is 164 cm³/mol. The van der Waals surface area contributed by atoms with E-state index >= 15 is 0 Å². The molecule has 4 aromatic rings. The van der Waals surface area contributed by atoms with Gasteiger partial charge in [0.05, 0.1) is 35.1 Å². The molecule has 0 atom stereocenters. The van der Waals surface area contributed by atoms with Gasteiger partial charge in [-0.3, -0.25) is 14.4 Å². The molecular formula is C34H29N5O6. The van der Waals surface area contributed by atoms with Crippen LogP contribution in [0.2, 0.25) is 0 Å². The van der Waals surface area contributed by atoms with Gasteiger partial charge in [-0.25, -0.2) is 4.98 Å². The Morgan fingerprint density at radius 1 is 0.800 bits per heavy atom. The number of nitriles is 2. The van der Waals surface area contributed by atoms with E-state index in [1.54, 1.807) is 54.6 Å². The summed E-state index contributed by atoms with van der Waals surface area (Å²) in [6, 6.07) is 26.1. The van der Waals surface area contributed by atoms with E-state index in [0.29, 0.717) is 39.4 Å². The Morgan fingerprint density at radius 2 is 1.36 bits per heavy atom. The zero-order valence-corrected chi connectivity index (χ0v) is 24.8. The molecule has 45 heavy (non-hydrogen) atoms. The molecule has 3 aromatic carbocycles. The summed E-state index contributed by atoms with van der Waals surface area (Å²) in [5, 5.41) is 24.2. The first kappa shape index (κ1) is 31.7. The molecule has 0 aliphatic rings. The number of rotatable bonds is 11. The number of hydrogen-bond acceptors (Lipinski definition) is 9. The van der Waals surface area contributed by atoms with Gasteiger partial charge in [-0.1, -0.05) is 36.4 Å². The first-order chi connectivity index (χ1) is 21.6. The number of pyridine rings is 1. The largest absolute Gasteiger partial charge is 0.489 e. The molecule has 0 radical (unpaired) electrons. The minimum atomic E-state index is -1.39. The molecule has 1 aromatic heterocycles. The summed E-state index contributed by atoms with van der Waals surface area (Å²) in [5.74, 6) is -0.804. The third-order valence-electron chi connectivity index (χ3n) is 6.42. The normalized spacial score (nSPS) is 10.5. The quantitative estimate of drug-likeness (QED) is 0.210. The molecule has 2 N–H and O–H groups in total. The van der Waals surface area contributed by atoms with Crippen LogP contribution in [0.25, 0.3) is 0 Å². The number of amides is 2. The van der Waals surface area contributed by atoms with Gasteiger partial charge in [-0.2, -0.15) is 10.5 Å². The molecule has 4 rings (SSSR count). The van der Waals surface area contributed by atoms with Crippen molar-refractivity contribution < 1.29 is 28.6 Å². The Bertz CT molecular complexity index is 1730. The van der Waals surface area contributed by atoms with E-state index in [0.717, 1.165) is 0 Å². The van der Waals surface area contributed by atoms with Crippen molar-refractivity contribution in [3.63, 3.8) is 0 Å². The minimum Gasteiger partial charge on any atom is -0.489 e. The molecule has 0 spiro atoms. The fourth-order valence-electron chi connectivity index (χ4n) is 4.12. The topological polar surface area (TPSA) is 163 Å². The van der Waals surface area contributed by atoms with Crippen molar-refractivity contribution in [1.82, 2.24) is 4.98 Å². The Morgan fingerprint density at radius 3 is 1.84 bits per heavy atom. The molecule has 226 valence electrons. The van der Waals surface area contributed by atoms with Crippen LogP contribution in [0.5, 0.6) is 11.5 Å². The molecule has 0 unspecified atom stereocenters. The van der Waals surface area contributed by atoms with E-state index in [-0.39, 0.29) is 24.6 Å². The summed E-state index contributed by atoms with van der Waals surface area (Å²) in [7, 11) is 0. The van der Waals surface area contributed by atoms with Crippen LogP contribution in [-0.4, -0.2) is 28.4 Å². The lowest BCUT2D eigenvalue weighted by molar-refractivity contribution is -0.160. The Hall–Kier alpha value is -6.20. The molecule has 11 nitrogen and oxygen atoms in total. The zero-order valence-electron chi connectivity index (χ0n) is 24.8. The van der Waals surface area contributed by atoms with Gasteiger partial charge in [0.2, 0.25) is 0 Å². The van der Waals surface area contributed by atoms with Crippen molar-refractivity contribution in [2.45, 2.75) is 39.6 Å². The number of nitrogens with zero attached hydrogens (tertiary/aromatic N) is 3. The zero-order chi connectivity index (χ0) is 32.4. The summed E-state index contributed by atoms with van der Waals surface area (Å²) in [4.78, 5) is 41.3. The van der Waals surface area contributed by atoms with Crippen LogP contribution in [0.3, 0.4) is 0 Å². The van der Waals surface area contributed by atoms with E-state index in [1.807, 2.05) is 0 Å². The van der Waals surface area contributed by atoms with Crippen LogP contribution in [0.15, 0.2) is 85.1 Å². The van der Waals surface area contributed by atoms with E-state index in [2.05, 4.69) is 27.8 Å². The lowest BCUT2D eigenvalue weighted by atomic mass is 10.1. The van der Waals surface area contributed by atoms with Crippen LogP contribution < -0.4 is 20.1 Å². The van der Waals surface area contributed by atoms with E-state index in [4.69, 9.17) is 14.2 Å². The van der Waals surface area contributed by atoms with Gasteiger partial charge in [0, 0.05) is 29.7 Å². The number of aromatic nitrogens is 1. The van der Waals surface area contributed by atoms with E-state index in [9.17, 15) is 24.9 Å². The molecule has 2 amide bonds. The number of anilines is 2.